The van der Waals surface area contributed by atoms with Crippen LogP contribution < -0.4 is 4.74 Å². The minimum Gasteiger partial charge on any atom is -0.408 e. The topological polar surface area (TPSA) is 22.1 Å². The van der Waals surface area contributed by atoms with Gasteiger partial charge < -0.3 is 4.74 Å². The average molecular weight is 207 g/mol. The lowest BCUT2D eigenvalue weighted by atomic mass is 9.96. The average Bonchev–Trinajstić information content (AvgIpc) is 2.32. The van der Waals surface area contributed by atoms with Crippen LogP contribution in [-0.2, 0) is 5.41 Å². The van der Waals surface area contributed by atoms with Crippen molar-refractivity contribution in [3.63, 3.8) is 0 Å². The number of hydrogen-bond acceptors (Lipinski definition) is 3. The SMILES string of the molecule is CC(C)(C)c1cnc(OC(F)F)s1. The molecule has 0 aliphatic heterocycles. The largest absolute Gasteiger partial charge is 0.408 e. The van der Waals surface area contributed by atoms with Gasteiger partial charge in [0.05, 0.1) is 0 Å². The summed E-state index contributed by atoms with van der Waals surface area (Å²) >= 11 is 1.15. The van der Waals surface area contributed by atoms with Crippen molar-refractivity contribution < 1.29 is 13.5 Å². The van der Waals surface area contributed by atoms with E-state index in [1.807, 2.05) is 20.8 Å². The van der Waals surface area contributed by atoms with E-state index < -0.39 is 6.61 Å². The van der Waals surface area contributed by atoms with Crippen LogP contribution in [0.25, 0.3) is 0 Å². The number of hydrogen-bond donors (Lipinski definition) is 0. The molecule has 0 fully saturated rings. The number of halogens is 2. The standard InChI is InChI=1S/C8H11F2NOS/c1-8(2,3)5-4-11-7(13-5)12-6(9)10/h4,6H,1-3H3. The highest BCUT2D eigenvalue weighted by atomic mass is 32.1. The smallest absolute Gasteiger partial charge is 0.389 e. The Morgan fingerprint density at radius 2 is 2.08 bits per heavy atom. The summed E-state index contributed by atoms with van der Waals surface area (Å²) in [5, 5.41) is 0.0277. The summed E-state index contributed by atoms with van der Waals surface area (Å²) in [6.45, 7) is 3.19. The third-order valence-corrected chi connectivity index (χ3v) is 2.73. The third-order valence-electron chi connectivity index (χ3n) is 1.41. The molecule has 1 rings (SSSR count). The molecule has 0 unspecified atom stereocenters. The lowest BCUT2D eigenvalue weighted by Gasteiger charge is -2.14. The van der Waals surface area contributed by atoms with Crippen molar-refractivity contribution in [2.24, 2.45) is 0 Å². The van der Waals surface area contributed by atoms with Crippen LogP contribution in [-0.4, -0.2) is 11.6 Å². The third kappa shape index (κ3) is 2.91. The Labute approximate surface area is 79.6 Å². The van der Waals surface area contributed by atoms with Crippen LogP contribution in [0.5, 0.6) is 5.19 Å². The second kappa shape index (κ2) is 3.57. The molecule has 1 aromatic heterocycles. The fourth-order valence-corrected chi connectivity index (χ4v) is 1.56. The van der Waals surface area contributed by atoms with E-state index in [0.29, 0.717) is 0 Å². The van der Waals surface area contributed by atoms with E-state index in [0.717, 1.165) is 16.2 Å². The zero-order valence-electron chi connectivity index (χ0n) is 7.67. The van der Waals surface area contributed by atoms with Gasteiger partial charge in [-0.15, -0.1) is 0 Å². The van der Waals surface area contributed by atoms with Crippen LogP contribution in [0.15, 0.2) is 6.20 Å². The Hall–Kier alpha value is -0.710. The number of thiazole rings is 1. The molecule has 0 bridgehead atoms. The van der Waals surface area contributed by atoms with Gasteiger partial charge in [-0.05, 0) is 5.41 Å². The van der Waals surface area contributed by atoms with Crippen LogP contribution in [0, 0.1) is 0 Å². The number of ether oxygens (including phenoxy) is 1. The Balaban J connectivity index is 2.75. The molecule has 0 saturated carbocycles. The van der Waals surface area contributed by atoms with E-state index in [1.54, 1.807) is 6.20 Å². The van der Waals surface area contributed by atoms with Crippen molar-refractivity contribution in [3.05, 3.63) is 11.1 Å². The molecular formula is C8H11F2NOS. The summed E-state index contributed by atoms with van der Waals surface area (Å²) in [6, 6.07) is 0. The van der Waals surface area contributed by atoms with Crippen molar-refractivity contribution in [3.8, 4) is 5.19 Å². The summed E-state index contributed by atoms with van der Waals surface area (Å²) < 4.78 is 27.7. The first-order chi connectivity index (χ1) is 5.89. The molecule has 0 aliphatic rings. The van der Waals surface area contributed by atoms with Crippen molar-refractivity contribution in [1.82, 2.24) is 4.98 Å². The summed E-state index contributed by atoms with van der Waals surface area (Å²) in [4.78, 5) is 4.67. The predicted molar refractivity (Wildman–Crippen MR) is 47.4 cm³/mol. The van der Waals surface area contributed by atoms with Gasteiger partial charge in [0, 0.05) is 11.1 Å². The van der Waals surface area contributed by atoms with E-state index >= 15 is 0 Å². The number of alkyl halides is 2. The maximum Gasteiger partial charge on any atom is 0.389 e. The van der Waals surface area contributed by atoms with Crippen LogP contribution in [0.3, 0.4) is 0 Å². The van der Waals surface area contributed by atoms with E-state index in [1.165, 1.54) is 0 Å². The number of rotatable bonds is 2. The van der Waals surface area contributed by atoms with Gasteiger partial charge in [-0.25, -0.2) is 4.98 Å². The van der Waals surface area contributed by atoms with Crippen molar-refractivity contribution in [1.29, 1.82) is 0 Å². The zero-order chi connectivity index (χ0) is 10.1. The summed E-state index contributed by atoms with van der Waals surface area (Å²) in [5.74, 6) is 0. The Kier molecular flexibility index (Phi) is 2.85. The van der Waals surface area contributed by atoms with Crippen molar-refractivity contribution >= 4 is 11.3 Å². The molecule has 2 nitrogen and oxygen atoms in total. The summed E-state index contributed by atoms with van der Waals surface area (Å²) in [7, 11) is 0. The zero-order valence-corrected chi connectivity index (χ0v) is 8.49. The molecular weight excluding hydrogens is 196 g/mol. The molecule has 0 amide bonds. The molecule has 0 spiro atoms. The molecule has 5 heteroatoms. The molecule has 1 aromatic rings. The fraction of sp³-hybridized carbons (Fsp3) is 0.625. The first kappa shape index (κ1) is 10.4. The van der Waals surface area contributed by atoms with Gasteiger partial charge in [0.15, 0.2) is 0 Å². The van der Waals surface area contributed by atoms with E-state index in [2.05, 4.69) is 9.72 Å². The van der Waals surface area contributed by atoms with Crippen LogP contribution in [0.2, 0.25) is 0 Å². The molecule has 0 saturated heterocycles. The van der Waals surface area contributed by atoms with E-state index in [-0.39, 0.29) is 10.6 Å². The normalized spacial score (nSPS) is 12.2. The minimum absolute atomic E-state index is 0.0277. The number of nitrogens with zero attached hydrogens (tertiary/aromatic N) is 1. The van der Waals surface area contributed by atoms with Gasteiger partial charge in [-0.3, -0.25) is 0 Å². The Bertz CT molecular complexity index is 280. The van der Waals surface area contributed by atoms with E-state index in [9.17, 15) is 8.78 Å². The lowest BCUT2D eigenvalue weighted by Crippen LogP contribution is -2.07. The molecule has 1 heterocycles. The fourth-order valence-electron chi connectivity index (χ4n) is 0.736. The lowest BCUT2D eigenvalue weighted by molar-refractivity contribution is -0.0499. The monoisotopic (exact) mass is 207 g/mol. The van der Waals surface area contributed by atoms with Crippen LogP contribution in [0.4, 0.5) is 8.78 Å². The maximum absolute atomic E-state index is 11.8. The second-order valence-corrected chi connectivity index (χ2v) is 4.61. The van der Waals surface area contributed by atoms with Gasteiger partial charge in [-0.2, -0.15) is 8.78 Å². The Morgan fingerprint density at radius 1 is 1.46 bits per heavy atom. The van der Waals surface area contributed by atoms with Gasteiger partial charge in [0.25, 0.3) is 5.19 Å². The first-order valence-corrected chi connectivity index (χ1v) is 4.62. The molecule has 74 valence electrons. The van der Waals surface area contributed by atoms with Crippen molar-refractivity contribution in [2.45, 2.75) is 32.8 Å². The second-order valence-electron chi connectivity index (χ2n) is 3.62. The highest BCUT2D eigenvalue weighted by Gasteiger charge is 2.18. The first-order valence-electron chi connectivity index (χ1n) is 3.80. The highest BCUT2D eigenvalue weighted by molar-refractivity contribution is 7.13. The molecule has 0 aliphatic carbocycles. The molecule has 0 N–H and O–H groups in total. The Morgan fingerprint density at radius 3 is 2.46 bits per heavy atom. The summed E-state index contributed by atoms with van der Waals surface area (Å²) in [6.07, 6.45) is 1.57. The quantitative estimate of drug-likeness (QED) is 0.743. The molecule has 0 atom stereocenters. The van der Waals surface area contributed by atoms with Gasteiger partial charge >= 0.3 is 6.61 Å². The minimum atomic E-state index is -2.79. The van der Waals surface area contributed by atoms with Crippen LogP contribution >= 0.6 is 11.3 Å². The molecule has 0 aromatic carbocycles. The van der Waals surface area contributed by atoms with E-state index in [4.69, 9.17) is 0 Å². The molecule has 13 heavy (non-hydrogen) atoms. The van der Waals surface area contributed by atoms with Crippen LogP contribution in [0.1, 0.15) is 25.6 Å². The highest BCUT2D eigenvalue weighted by Crippen LogP contribution is 2.31. The van der Waals surface area contributed by atoms with Gasteiger partial charge in [-0.1, -0.05) is 32.1 Å². The van der Waals surface area contributed by atoms with Gasteiger partial charge in [0.1, 0.15) is 0 Å². The van der Waals surface area contributed by atoms with Crippen molar-refractivity contribution in [2.75, 3.05) is 0 Å². The summed E-state index contributed by atoms with van der Waals surface area (Å²) in [5.41, 5.74) is -0.0681. The molecule has 0 radical (unpaired) electrons. The maximum atomic E-state index is 11.8. The number of aromatic nitrogens is 1. The van der Waals surface area contributed by atoms with Gasteiger partial charge in [0.2, 0.25) is 0 Å². The predicted octanol–water partition coefficient (Wildman–Crippen LogP) is 3.04.